The van der Waals surface area contributed by atoms with Crippen LogP contribution in [0.15, 0.2) is 12.4 Å². The lowest BCUT2D eigenvalue weighted by Crippen LogP contribution is -2.26. The minimum atomic E-state index is -0.498. The molecule has 5 heteroatoms. The van der Waals surface area contributed by atoms with Crippen LogP contribution in [0.4, 0.5) is 0 Å². The van der Waals surface area contributed by atoms with Gasteiger partial charge >= 0.3 is 5.97 Å². The fourth-order valence-electron chi connectivity index (χ4n) is 1.01. The van der Waals surface area contributed by atoms with Crippen LogP contribution >= 0.6 is 0 Å². The maximum absolute atomic E-state index is 11.4. The first-order chi connectivity index (χ1) is 6.90. The Morgan fingerprint density at radius 2 is 2.33 bits per heavy atom. The summed E-state index contributed by atoms with van der Waals surface area (Å²) in [5, 5.41) is 12.4. The van der Waals surface area contributed by atoms with E-state index in [2.05, 4.69) is 5.10 Å². The minimum absolute atomic E-state index is 0.0267. The number of hydrogen-bond donors (Lipinski definition) is 0. The van der Waals surface area contributed by atoms with Crippen molar-refractivity contribution in [2.24, 2.45) is 0 Å². The van der Waals surface area contributed by atoms with Gasteiger partial charge in [0.15, 0.2) is 0 Å². The predicted octanol–water partition coefficient (Wildman–Crippen LogP) is 1.10. The maximum atomic E-state index is 11.4. The van der Waals surface area contributed by atoms with E-state index in [-0.39, 0.29) is 12.5 Å². The van der Waals surface area contributed by atoms with Crippen LogP contribution in [0.2, 0.25) is 0 Å². The van der Waals surface area contributed by atoms with Crippen LogP contribution in [0, 0.1) is 11.3 Å². The Kier molecular flexibility index (Phi) is 3.10. The molecule has 1 heterocycles. The van der Waals surface area contributed by atoms with E-state index in [0.717, 1.165) is 0 Å². The highest BCUT2D eigenvalue weighted by atomic mass is 16.6. The number of carbonyl (C=O) groups is 1. The molecule has 1 rings (SSSR count). The van der Waals surface area contributed by atoms with E-state index in [1.807, 2.05) is 6.07 Å². The van der Waals surface area contributed by atoms with Crippen molar-refractivity contribution in [3.05, 3.63) is 18.0 Å². The summed E-state index contributed by atoms with van der Waals surface area (Å²) in [6.07, 6.45) is 2.91. The first-order valence-corrected chi connectivity index (χ1v) is 4.55. The van der Waals surface area contributed by atoms with Gasteiger partial charge in [-0.25, -0.2) is 0 Å². The quantitative estimate of drug-likeness (QED) is 0.681. The molecule has 0 radical (unpaired) electrons. The molecule has 0 aliphatic rings. The van der Waals surface area contributed by atoms with Gasteiger partial charge in [0.25, 0.3) is 0 Å². The second-order valence-corrected chi connectivity index (χ2v) is 4.12. The summed E-state index contributed by atoms with van der Waals surface area (Å²) in [7, 11) is 0. The number of ether oxygens (including phenoxy) is 1. The highest BCUT2D eigenvalue weighted by Crippen LogP contribution is 2.07. The number of hydrogen-bond acceptors (Lipinski definition) is 4. The normalized spacial score (nSPS) is 10.8. The molecule has 80 valence electrons. The second-order valence-electron chi connectivity index (χ2n) is 4.12. The lowest BCUT2D eigenvalue weighted by atomic mass is 10.2. The Labute approximate surface area is 88.3 Å². The van der Waals surface area contributed by atoms with Crippen LogP contribution < -0.4 is 0 Å². The monoisotopic (exact) mass is 207 g/mol. The lowest BCUT2D eigenvalue weighted by molar-refractivity contribution is -0.155. The molecule has 0 atom stereocenters. The third-order valence-corrected chi connectivity index (χ3v) is 1.47. The average Bonchev–Trinajstić information content (AvgIpc) is 2.48. The van der Waals surface area contributed by atoms with Crippen molar-refractivity contribution in [2.75, 3.05) is 0 Å². The van der Waals surface area contributed by atoms with Gasteiger partial charge in [-0.1, -0.05) is 0 Å². The van der Waals surface area contributed by atoms with Crippen molar-refractivity contribution in [3.8, 4) is 6.07 Å². The highest BCUT2D eigenvalue weighted by molar-refractivity contribution is 5.69. The van der Waals surface area contributed by atoms with Gasteiger partial charge in [-0.05, 0) is 20.8 Å². The number of nitrogens with zero attached hydrogens (tertiary/aromatic N) is 3. The van der Waals surface area contributed by atoms with Gasteiger partial charge < -0.3 is 4.74 Å². The summed E-state index contributed by atoms with van der Waals surface area (Å²) in [5.74, 6) is -0.366. The minimum Gasteiger partial charge on any atom is -0.459 e. The molecule has 0 saturated heterocycles. The number of esters is 1. The van der Waals surface area contributed by atoms with Gasteiger partial charge in [0, 0.05) is 6.20 Å². The molecular weight excluding hydrogens is 194 g/mol. The van der Waals surface area contributed by atoms with Crippen LogP contribution in [0.1, 0.15) is 26.3 Å². The third-order valence-electron chi connectivity index (χ3n) is 1.47. The van der Waals surface area contributed by atoms with E-state index in [4.69, 9.17) is 10.00 Å². The summed E-state index contributed by atoms with van der Waals surface area (Å²) in [4.78, 5) is 11.4. The zero-order chi connectivity index (χ0) is 11.5. The molecular formula is C10H13N3O2. The topological polar surface area (TPSA) is 67.9 Å². The SMILES string of the molecule is CC(C)(C)OC(=O)Cn1cc(C#N)cn1. The summed E-state index contributed by atoms with van der Waals surface area (Å²) >= 11 is 0. The number of carbonyl (C=O) groups excluding carboxylic acids is 1. The van der Waals surface area contributed by atoms with Crippen LogP contribution in [-0.2, 0) is 16.1 Å². The van der Waals surface area contributed by atoms with Gasteiger partial charge in [-0.15, -0.1) is 0 Å². The molecule has 1 aromatic heterocycles. The number of aromatic nitrogens is 2. The molecule has 15 heavy (non-hydrogen) atoms. The molecule has 5 nitrogen and oxygen atoms in total. The molecule has 0 fully saturated rings. The number of nitriles is 1. The van der Waals surface area contributed by atoms with Gasteiger partial charge in [0.05, 0.1) is 11.8 Å². The van der Waals surface area contributed by atoms with E-state index in [1.165, 1.54) is 17.1 Å². The Morgan fingerprint density at radius 3 is 2.80 bits per heavy atom. The van der Waals surface area contributed by atoms with Crippen LogP contribution in [0.25, 0.3) is 0 Å². The van der Waals surface area contributed by atoms with E-state index < -0.39 is 5.60 Å². The molecule has 0 aliphatic carbocycles. The number of rotatable bonds is 2. The molecule has 0 unspecified atom stereocenters. The lowest BCUT2D eigenvalue weighted by Gasteiger charge is -2.19. The van der Waals surface area contributed by atoms with Crippen molar-refractivity contribution < 1.29 is 9.53 Å². The standard InChI is InChI=1S/C10H13N3O2/c1-10(2,3)15-9(14)7-13-6-8(4-11)5-12-13/h5-6H,7H2,1-3H3. The largest absolute Gasteiger partial charge is 0.459 e. The Hall–Kier alpha value is -1.83. The average molecular weight is 207 g/mol. The van der Waals surface area contributed by atoms with E-state index in [0.29, 0.717) is 5.56 Å². The third kappa shape index (κ3) is 3.81. The zero-order valence-corrected chi connectivity index (χ0v) is 9.02. The summed E-state index contributed by atoms with van der Waals surface area (Å²) < 4.78 is 6.48. The maximum Gasteiger partial charge on any atom is 0.328 e. The van der Waals surface area contributed by atoms with Gasteiger partial charge in [-0.3, -0.25) is 9.48 Å². The van der Waals surface area contributed by atoms with Gasteiger partial charge in [-0.2, -0.15) is 10.4 Å². The smallest absolute Gasteiger partial charge is 0.328 e. The molecule has 0 aliphatic heterocycles. The molecule has 1 aromatic rings. The van der Waals surface area contributed by atoms with Crippen molar-refractivity contribution in [1.82, 2.24) is 9.78 Å². The van der Waals surface area contributed by atoms with Crippen molar-refractivity contribution in [1.29, 1.82) is 5.26 Å². The van der Waals surface area contributed by atoms with E-state index in [9.17, 15) is 4.79 Å². The van der Waals surface area contributed by atoms with Crippen molar-refractivity contribution in [2.45, 2.75) is 32.9 Å². The summed E-state index contributed by atoms with van der Waals surface area (Å²) in [5.41, 5.74) is -0.0685. The van der Waals surface area contributed by atoms with Crippen molar-refractivity contribution in [3.63, 3.8) is 0 Å². The molecule has 0 bridgehead atoms. The van der Waals surface area contributed by atoms with E-state index in [1.54, 1.807) is 20.8 Å². The zero-order valence-electron chi connectivity index (χ0n) is 9.02. The van der Waals surface area contributed by atoms with Crippen LogP contribution in [-0.4, -0.2) is 21.4 Å². The summed E-state index contributed by atoms with van der Waals surface area (Å²) in [6.45, 7) is 5.43. The van der Waals surface area contributed by atoms with Crippen LogP contribution in [0.5, 0.6) is 0 Å². The Balaban J connectivity index is 2.56. The first kappa shape index (κ1) is 11.2. The molecule has 0 N–H and O–H groups in total. The van der Waals surface area contributed by atoms with Crippen LogP contribution in [0.3, 0.4) is 0 Å². The fourth-order valence-corrected chi connectivity index (χ4v) is 1.01. The van der Waals surface area contributed by atoms with Gasteiger partial charge in [0.2, 0.25) is 0 Å². The molecule has 0 spiro atoms. The summed E-state index contributed by atoms with van der Waals surface area (Å²) in [6, 6.07) is 1.93. The second kappa shape index (κ2) is 4.13. The molecule has 0 aromatic carbocycles. The molecule has 0 saturated carbocycles. The fraction of sp³-hybridized carbons (Fsp3) is 0.500. The molecule has 0 amide bonds. The first-order valence-electron chi connectivity index (χ1n) is 4.55. The Bertz CT molecular complexity index is 396. The Morgan fingerprint density at radius 1 is 1.67 bits per heavy atom. The predicted molar refractivity (Wildman–Crippen MR) is 52.8 cm³/mol. The van der Waals surface area contributed by atoms with Gasteiger partial charge in [0.1, 0.15) is 18.2 Å². The van der Waals surface area contributed by atoms with Crippen molar-refractivity contribution >= 4 is 5.97 Å². The van der Waals surface area contributed by atoms with E-state index >= 15 is 0 Å². The highest BCUT2D eigenvalue weighted by Gasteiger charge is 2.16.